The lowest BCUT2D eigenvalue weighted by atomic mass is 10.0. The van der Waals surface area contributed by atoms with Crippen LogP contribution in [-0.4, -0.2) is 25.1 Å². The summed E-state index contributed by atoms with van der Waals surface area (Å²) in [4.78, 5) is 11.5. The largest absolute Gasteiger partial charge is 0.484 e. The number of amides is 1. The van der Waals surface area contributed by atoms with E-state index in [9.17, 15) is 4.79 Å². The lowest BCUT2D eigenvalue weighted by Crippen LogP contribution is -2.32. The van der Waals surface area contributed by atoms with Crippen molar-refractivity contribution in [2.75, 3.05) is 13.2 Å². The molecule has 4 nitrogen and oxygen atoms in total. The van der Waals surface area contributed by atoms with Crippen LogP contribution in [0.25, 0.3) is 0 Å². The zero-order valence-electron chi connectivity index (χ0n) is 12.0. The lowest BCUT2D eigenvalue weighted by molar-refractivity contribution is -0.123. The van der Waals surface area contributed by atoms with Crippen molar-refractivity contribution >= 4 is 5.91 Å². The minimum Gasteiger partial charge on any atom is -0.484 e. The second kappa shape index (κ2) is 7.79. The smallest absolute Gasteiger partial charge is 0.257 e. The fourth-order valence-corrected chi connectivity index (χ4v) is 1.60. The Morgan fingerprint density at radius 3 is 2.74 bits per heavy atom. The van der Waals surface area contributed by atoms with Gasteiger partial charge in [0.15, 0.2) is 6.61 Å². The van der Waals surface area contributed by atoms with E-state index in [4.69, 9.17) is 10.5 Å². The molecule has 0 bridgehead atoms. The molecule has 0 spiro atoms. The summed E-state index contributed by atoms with van der Waals surface area (Å²) in [7, 11) is 0. The molecule has 106 valence electrons. The van der Waals surface area contributed by atoms with E-state index in [-0.39, 0.29) is 18.6 Å². The quantitative estimate of drug-likeness (QED) is 0.792. The summed E-state index contributed by atoms with van der Waals surface area (Å²) in [5.41, 5.74) is 6.81. The molecule has 0 fully saturated rings. The van der Waals surface area contributed by atoms with Gasteiger partial charge in [0.25, 0.3) is 5.91 Å². The van der Waals surface area contributed by atoms with Gasteiger partial charge < -0.3 is 15.8 Å². The molecule has 1 atom stereocenters. The topological polar surface area (TPSA) is 64.3 Å². The highest BCUT2D eigenvalue weighted by Crippen LogP contribution is 2.19. The zero-order chi connectivity index (χ0) is 14.3. The molecule has 1 rings (SSSR count). The molecule has 1 aromatic rings. The normalized spacial score (nSPS) is 12.3. The Morgan fingerprint density at radius 1 is 1.37 bits per heavy atom. The van der Waals surface area contributed by atoms with Crippen LogP contribution in [0, 0.1) is 0 Å². The Balaban J connectivity index is 2.35. The first-order valence-corrected chi connectivity index (χ1v) is 6.74. The van der Waals surface area contributed by atoms with Crippen LogP contribution in [0.5, 0.6) is 5.75 Å². The van der Waals surface area contributed by atoms with Crippen molar-refractivity contribution in [1.29, 1.82) is 0 Å². The molecular weight excluding hydrogens is 240 g/mol. The molecule has 0 heterocycles. The molecule has 0 radical (unpaired) electrons. The molecular formula is C15H24N2O2. The van der Waals surface area contributed by atoms with Crippen LogP contribution in [0.2, 0.25) is 0 Å². The van der Waals surface area contributed by atoms with E-state index in [0.29, 0.717) is 12.5 Å². The van der Waals surface area contributed by atoms with Crippen LogP contribution in [-0.2, 0) is 4.79 Å². The third-order valence-corrected chi connectivity index (χ3v) is 2.82. The van der Waals surface area contributed by atoms with Gasteiger partial charge in [-0.05, 0) is 37.0 Å². The van der Waals surface area contributed by atoms with Crippen LogP contribution in [0.15, 0.2) is 24.3 Å². The predicted molar refractivity (Wildman–Crippen MR) is 77.3 cm³/mol. The van der Waals surface area contributed by atoms with E-state index in [1.807, 2.05) is 25.1 Å². The number of hydrogen-bond donors (Lipinski definition) is 2. The number of benzene rings is 1. The van der Waals surface area contributed by atoms with E-state index in [2.05, 4.69) is 25.2 Å². The second-order valence-electron chi connectivity index (χ2n) is 5.13. The Morgan fingerprint density at radius 2 is 2.11 bits per heavy atom. The molecule has 3 N–H and O–H groups in total. The Hall–Kier alpha value is -1.55. The summed E-state index contributed by atoms with van der Waals surface area (Å²) in [5.74, 6) is 1.06. The van der Waals surface area contributed by atoms with Crippen LogP contribution in [0.1, 0.15) is 38.7 Å². The SMILES string of the molecule is CC(N)CCNC(=O)COc1cccc(C(C)C)c1. The molecule has 1 aromatic carbocycles. The number of nitrogens with two attached hydrogens (primary N) is 1. The summed E-state index contributed by atoms with van der Waals surface area (Å²) < 4.78 is 5.47. The number of hydrogen-bond acceptors (Lipinski definition) is 3. The summed E-state index contributed by atoms with van der Waals surface area (Å²) in [6, 6.07) is 7.93. The highest BCUT2D eigenvalue weighted by atomic mass is 16.5. The van der Waals surface area contributed by atoms with Crippen LogP contribution < -0.4 is 15.8 Å². The minimum absolute atomic E-state index is 0.0422. The lowest BCUT2D eigenvalue weighted by Gasteiger charge is -2.10. The third kappa shape index (κ3) is 6.25. The van der Waals surface area contributed by atoms with Crippen molar-refractivity contribution < 1.29 is 9.53 Å². The van der Waals surface area contributed by atoms with Crippen molar-refractivity contribution in [2.24, 2.45) is 5.73 Å². The maximum absolute atomic E-state index is 11.5. The summed E-state index contributed by atoms with van der Waals surface area (Å²) in [6.07, 6.45) is 0.772. The van der Waals surface area contributed by atoms with Crippen molar-refractivity contribution in [2.45, 2.75) is 39.2 Å². The highest BCUT2D eigenvalue weighted by Gasteiger charge is 2.05. The van der Waals surface area contributed by atoms with Gasteiger partial charge in [-0.25, -0.2) is 0 Å². The first kappa shape index (κ1) is 15.5. The first-order chi connectivity index (χ1) is 8.99. The average Bonchev–Trinajstić information content (AvgIpc) is 2.36. The van der Waals surface area contributed by atoms with Crippen LogP contribution in [0.3, 0.4) is 0 Å². The number of ether oxygens (including phenoxy) is 1. The van der Waals surface area contributed by atoms with Crippen LogP contribution in [0.4, 0.5) is 0 Å². The highest BCUT2D eigenvalue weighted by molar-refractivity contribution is 5.77. The molecule has 4 heteroatoms. The molecule has 0 aliphatic carbocycles. The van der Waals surface area contributed by atoms with Crippen molar-refractivity contribution in [1.82, 2.24) is 5.32 Å². The molecule has 1 unspecified atom stereocenters. The van der Waals surface area contributed by atoms with E-state index in [0.717, 1.165) is 12.2 Å². The van der Waals surface area contributed by atoms with Gasteiger partial charge in [0.2, 0.25) is 0 Å². The number of nitrogens with one attached hydrogen (secondary N) is 1. The summed E-state index contributed by atoms with van der Waals surface area (Å²) in [6.45, 7) is 6.80. The number of rotatable bonds is 7. The molecule has 0 aliphatic heterocycles. The standard InChI is InChI=1S/C15H24N2O2/c1-11(2)13-5-4-6-14(9-13)19-10-15(18)17-8-7-12(3)16/h4-6,9,11-12H,7-8,10,16H2,1-3H3,(H,17,18). The van der Waals surface area contributed by atoms with Crippen molar-refractivity contribution in [3.8, 4) is 5.75 Å². The van der Waals surface area contributed by atoms with Gasteiger partial charge in [0.05, 0.1) is 0 Å². The second-order valence-corrected chi connectivity index (χ2v) is 5.13. The van der Waals surface area contributed by atoms with Gasteiger partial charge in [-0.3, -0.25) is 4.79 Å². The van der Waals surface area contributed by atoms with E-state index >= 15 is 0 Å². The summed E-state index contributed by atoms with van der Waals surface area (Å²) >= 11 is 0. The monoisotopic (exact) mass is 264 g/mol. The van der Waals surface area contributed by atoms with Gasteiger partial charge in [-0.1, -0.05) is 26.0 Å². The van der Waals surface area contributed by atoms with E-state index < -0.39 is 0 Å². The van der Waals surface area contributed by atoms with Crippen molar-refractivity contribution in [3.63, 3.8) is 0 Å². The maximum Gasteiger partial charge on any atom is 0.257 e. The van der Waals surface area contributed by atoms with Crippen molar-refractivity contribution in [3.05, 3.63) is 29.8 Å². The minimum atomic E-state index is -0.115. The average molecular weight is 264 g/mol. The van der Waals surface area contributed by atoms with Crippen LogP contribution >= 0.6 is 0 Å². The molecule has 1 amide bonds. The maximum atomic E-state index is 11.5. The molecule has 0 aromatic heterocycles. The molecule has 0 saturated heterocycles. The first-order valence-electron chi connectivity index (χ1n) is 6.74. The van der Waals surface area contributed by atoms with E-state index in [1.165, 1.54) is 5.56 Å². The Kier molecular flexibility index (Phi) is 6.36. The van der Waals surface area contributed by atoms with Gasteiger partial charge >= 0.3 is 0 Å². The Labute approximate surface area is 115 Å². The van der Waals surface area contributed by atoms with Gasteiger partial charge in [-0.15, -0.1) is 0 Å². The predicted octanol–water partition coefficient (Wildman–Crippen LogP) is 2.04. The number of carbonyl (C=O) groups excluding carboxylic acids is 1. The Bertz CT molecular complexity index is 403. The molecule has 19 heavy (non-hydrogen) atoms. The number of carbonyl (C=O) groups is 1. The zero-order valence-corrected chi connectivity index (χ0v) is 12.0. The third-order valence-electron chi connectivity index (χ3n) is 2.82. The van der Waals surface area contributed by atoms with Gasteiger partial charge in [0, 0.05) is 12.6 Å². The van der Waals surface area contributed by atoms with Gasteiger partial charge in [0.1, 0.15) is 5.75 Å². The fourth-order valence-electron chi connectivity index (χ4n) is 1.60. The molecule has 0 aliphatic rings. The van der Waals surface area contributed by atoms with Gasteiger partial charge in [-0.2, -0.15) is 0 Å². The van der Waals surface area contributed by atoms with E-state index in [1.54, 1.807) is 0 Å². The summed E-state index contributed by atoms with van der Waals surface area (Å²) in [5, 5.41) is 2.78. The molecule has 0 saturated carbocycles. The fraction of sp³-hybridized carbons (Fsp3) is 0.533.